The Morgan fingerprint density at radius 2 is 1.66 bits per heavy atom. The second kappa shape index (κ2) is 21.1. The number of likely N-dealkylation sites (N-methyl/N-ethyl adjacent to an activating group) is 1. The van der Waals surface area contributed by atoms with Crippen LogP contribution in [0.3, 0.4) is 0 Å². The smallest absolute Gasteiger partial charge is 0.344 e. The number of carbonyl (C=O) groups is 4. The van der Waals surface area contributed by atoms with Gasteiger partial charge in [-0.25, -0.2) is 4.79 Å². The highest BCUT2D eigenvalue weighted by Gasteiger charge is 2.80. The predicted molar refractivity (Wildman–Crippen MR) is 322 cm³/mol. The number of esters is 3. The van der Waals surface area contributed by atoms with E-state index in [0.29, 0.717) is 117 Å². The Balaban J connectivity index is 0.810. The van der Waals surface area contributed by atoms with Crippen LogP contribution in [0.1, 0.15) is 137 Å². The molecular formula is C69H85N5O12. The monoisotopic (exact) mass is 1180 g/mol. The van der Waals surface area contributed by atoms with Gasteiger partial charge in [-0.2, -0.15) is 0 Å². The highest BCUT2D eigenvalue weighted by molar-refractivity contribution is 5.95. The van der Waals surface area contributed by atoms with Gasteiger partial charge in [0.2, 0.25) is 11.5 Å². The molecule has 3 saturated carbocycles. The van der Waals surface area contributed by atoms with E-state index in [4.69, 9.17) is 18.9 Å². The van der Waals surface area contributed by atoms with E-state index >= 15 is 9.59 Å². The summed E-state index contributed by atoms with van der Waals surface area (Å²) in [5.41, 5.74) is -1.65. The van der Waals surface area contributed by atoms with Crippen LogP contribution in [-0.4, -0.2) is 162 Å². The third-order valence-corrected chi connectivity index (χ3v) is 23.7. The van der Waals surface area contributed by atoms with Gasteiger partial charge >= 0.3 is 17.9 Å². The third kappa shape index (κ3) is 8.34. The van der Waals surface area contributed by atoms with E-state index in [9.17, 15) is 30.0 Å². The number of aryl methyl sites for hydroxylation is 1. The van der Waals surface area contributed by atoms with Crippen LogP contribution < -0.4 is 15.0 Å². The van der Waals surface area contributed by atoms with E-state index < -0.39 is 80.5 Å². The van der Waals surface area contributed by atoms with E-state index in [1.54, 1.807) is 13.2 Å². The quantitative estimate of drug-likeness (QED) is 0.0391. The van der Waals surface area contributed by atoms with Crippen LogP contribution >= 0.6 is 0 Å². The Morgan fingerprint density at radius 1 is 0.860 bits per heavy atom. The lowest BCUT2D eigenvalue weighted by Gasteiger charge is -2.63. The lowest BCUT2D eigenvalue weighted by Crippen LogP contribution is -2.81. The van der Waals surface area contributed by atoms with Gasteiger partial charge in [0.25, 0.3) is 0 Å². The highest BCUT2D eigenvalue weighted by atomic mass is 16.6. The second-order valence-electron chi connectivity index (χ2n) is 27.3. The molecule has 1 aromatic heterocycles. The number of nitrogens with one attached hydrogen (secondary N) is 2. The second-order valence-corrected chi connectivity index (χ2v) is 27.3. The largest absolute Gasteiger partial charge is 0.508 e. The van der Waals surface area contributed by atoms with Crippen molar-refractivity contribution in [1.82, 2.24) is 20.1 Å². The molecule has 5 aliphatic heterocycles. The number of para-hydroxylation sites is 1. The van der Waals surface area contributed by atoms with Crippen molar-refractivity contribution in [3.8, 4) is 23.3 Å². The first-order chi connectivity index (χ1) is 41.2. The van der Waals surface area contributed by atoms with Gasteiger partial charge in [0.05, 0.1) is 45.9 Å². The number of rotatable bonds is 11. The summed E-state index contributed by atoms with van der Waals surface area (Å²) in [6, 6.07) is 16.3. The molecule has 1 spiro atoms. The van der Waals surface area contributed by atoms with Crippen LogP contribution in [-0.2, 0) is 57.1 Å². The number of phenolic OH excluding ortho intramolecular Hbond substituents is 1. The molecule has 5 fully saturated rings. The number of amides is 1. The van der Waals surface area contributed by atoms with Crippen molar-refractivity contribution in [2.75, 3.05) is 72.5 Å². The minimum atomic E-state index is -2.49. The summed E-state index contributed by atoms with van der Waals surface area (Å²) in [6.45, 7) is 9.13. The number of aromatic nitrogens is 1. The summed E-state index contributed by atoms with van der Waals surface area (Å²) >= 11 is 0. The van der Waals surface area contributed by atoms with E-state index in [1.807, 2.05) is 68.3 Å². The Morgan fingerprint density at radius 3 is 2.43 bits per heavy atom. The highest BCUT2D eigenvalue weighted by Crippen LogP contribution is 2.69. The van der Waals surface area contributed by atoms with Crippen molar-refractivity contribution >= 4 is 40.4 Å². The number of phenols is 1. The topological polar surface area (TPSA) is 224 Å². The van der Waals surface area contributed by atoms with Crippen LogP contribution in [0.15, 0.2) is 66.7 Å². The summed E-state index contributed by atoms with van der Waals surface area (Å²) < 4.78 is 24.7. The molecule has 0 radical (unpaired) electrons. The minimum absolute atomic E-state index is 0.0277. The van der Waals surface area contributed by atoms with Gasteiger partial charge in [-0.1, -0.05) is 69.0 Å². The number of H-pyrrole nitrogens is 1. The normalized spacial score (nSPS) is 37.1. The summed E-state index contributed by atoms with van der Waals surface area (Å²) in [6.07, 6.45) is 9.74. The van der Waals surface area contributed by atoms with Gasteiger partial charge < -0.3 is 54.6 Å². The van der Waals surface area contributed by atoms with E-state index in [1.165, 1.54) is 25.3 Å². The number of fused-ring (bicyclic) bond motifs is 11. The van der Waals surface area contributed by atoms with Gasteiger partial charge in [-0.15, -0.1) is 0 Å². The number of anilines is 1. The minimum Gasteiger partial charge on any atom is -0.508 e. The van der Waals surface area contributed by atoms with Crippen LogP contribution in [0, 0.1) is 40.4 Å². The molecule has 13 rings (SSSR count). The number of nitrogens with zero attached hydrogens (tertiary/aromatic N) is 3. The number of aliphatic hydroxyl groups is 3. The maximum absolute atomic E-state index is 15.6. The SMILES string of the molecule is CC[C@]1(O)C[C@@H]2CN(CCc3c([nH]c4ccccc34)[C@@](C(=O)OC)(c3cc4c(cc3OC)N(C)[C@H]3[C@@](O)(C(=O)OC)[C@H](OC(=O)CCC(=O)NCC#C[C@]5(O)CCC6C7CCc8cc(O)ccc8C7CC[C@@]65C)[C@]5(CC)C=CCN6CC[C@]43[C@@H]65)C2)C1. The van der Waals surface area contributed by atoms with E-state index in [2.05, 4.69) is 57.1 Å². The van der Waals surface area contributed by atoms with Crippen molar-refractivity contribution in [2.24, 2.45) is 28.6 Å². The molecule has 3 aromatic carbocycles. The summed E-state index contributed by atoms with van der Waals surface area (Å²) in [7, 11) is 6.07. The van der Waals surface area contributed by atoms with Gasteiger partial charge in [-0.3, -0.25) is 24.2 Å². The summed E-state index contributed by atoms with van der Waals surface area (Å²) in [4.78, 5) is 69.2. The Hall–Kier alpha value is -6.42. The molecule has 1 amide bonds. The van der Waals surface area contributed by atoms with Gasteiger partial charge in [0.15, 0.2) is 6.10 Å². The zero-order valence-corrected chi connectivity index (χ0v) is 50.9. The fraction of sp³-hybridized carbons (Fsp3) is 0.594. The first-order valence-electron chi connectivity index (χ1n) is 31.5. The predicted octanol–water partition coefficient (Wildman–Crippen LogP) is 6.86. The molecule has 458 valence electrons. The van der Waals surface area contributed by atoms with Crippen LogP contribution in [0.25, 0.3) is 10.9 Å². The number of benzene rings is 3. The molecule has 15 atom stereocenters. The lowest BCUT2D eigenvalue weighted by atomic mass is 9.47. The maximum Gasteiger partial charge on any atom is 0.344 e. The van der Waals surface area contributed by atoms with Crippen molar-refractivity contribution in [2.45, 2.75) is 162 Å². The van der Waals surface area contributed by atoms with Crippen molar-refractivity contribution in [3.63, 3.8) is 0 Å². The average molecular weight is 1180 g/mol. The number of hydrogen-bond donors (Lipinski definition) is 6. The molecule has 4 unspecified atom stereocenters. The molecule has 9 aliphatic rings. The molecule has 17 nitrogen and oxygen atoms in total. The number of aromatic hydroxyl groups is 1. The number of piperidine rings is 1. The van der Waals surface area contributed by atoms with Crippen molar-refractivity contribution in [3.05, 3.63) is 100 Å². The first kappa shape index (κ1) is 58.6. The Labute approximate surface area is 504 Å². The summed E-state index contributed by atoms with van der Waals surface area (Å²) in [5, 5.41) is 52.3. The molecule has 4 aliphatic carbocycles. The average Bonchev–Trinajstić information content (AvgIpc) is 1.44. The maximum atomic E-state index is 15.6. The van der Waals surface area contributed by atoms with Crippen molar-refractivity contribution in [1.29, 1.82) is 0 Å². The number of carbonyl (C=O) groups excluding carboxylic acids is 4. The van der Waals surface area contributed by atoms with Crippen LogP contribution in [0.5, 0.6) is 11.5 Å². The molecular weight excluding hydrogens is 1090 g/mol. The lowest BCUT2D eigenvalue weighted by molar-refractivity contribution is -0.229. The van der Waals surface area contributed by atoms with Crippen LogP contribution in [0.2, 0.25) is 0 Å². The number of aromatic amines is 1. The standard InChI is InChI=1S/C69H85N5O12/c1-8-64(80)37-41-38-68(61(78)84-6,57-48(24-32-73(39-41)40-64)47-14-10-11-15-52(47)71-57)51-35-50-53(36-54(51)83-5)72(4)59-67(50)29-33-74-31-13-25-65(9-2,58(67)74)60(69(59,82)62(79)85-7)86-56(77)21-20-55(76)70-30-12-26-66(81)28-23-49-46-18-16-42-34-43(75)17-19-44(42)45(46)22-27-63(49,66)3/h10-11,13-15,17,19,25,34-36,41,45-46,49,58-60,71,75,80-82H,8-9,16,18,20-24,27-33,37-40H2,1-7H3,(H,70,76)/t41-,45?,46?,49?,58-,59+,60+,63-,64-,65+,66-,67+,68-,69-/m0/s1. The van der Waals surface area contributed by atoms with Gasteiger partial charge in [0.1, 0.15) is 22.5 Å². The molecule has 17 heteroatoms. The molecule has 6 N–H and O–H groups in total. The third-order valence-electron chi connectivity index (χ3n) is 23.7. The Kier molecular flexibility index (Phi) is 14.4. The summed E-state index contributed by atoms with van der Waals surface area (Å²) in [5.74, 6) is 5.26. The number of methoxy groups -OCH3 is 3. The number of hydrogen-bond acceptors (Lipinski definition) is 15. The van der Waals surface area contributed by atoms with Gasteiger partial charge in [-0.05, 0) is 154 Å². The molecule has 4 aromatic rings. The van der Waals surface area contributed by atoms with Gasteiger partial charge in [0, 0.05) is 95.8 Å². The zero-order chi connectivity index (χ0) is 60.5. The van der Waals surface area contributed by atoms with Crippen LogP contribution in [0.4, 0.5) is 5.69 Å². The molecule has 6 heterocycles. The fourth-order valence-corrected chi connectivity index (χ4v) is 20.0. The number of ether oxygens (including phenoxy) is 4. The molecule has 86 heavy (non-hydrogen) atoms. The zero-order valence-electron chi connectivity index (χ0n) is 50.9. The van der Waals surface area contributed by atoms with E-state index in [0.717, 1.165) is 54.1 Å². The van der Waals surface area contributed by atoms with Crippen molar-refractivity contribution < 1.29 is 58.6 Å². The fourth-order valence-electron chi connectivity index (χ4n) is 20.0. The molecule has 2 bridgehead atoms. The molecule has 2 saturated heterocycles. The van der Waals surface area contributed by atoms with E-state index in [-0.39, 0.29) is 31.7 Å². The first-order valence-corrected chi connectivity index (χ1v) is 31.5. The Bertz CT molecular complexity index is 3520.